The molecule has 8 heteroatoms. The fourth-order valence-electron chi connectivity index (χ4n) is 2.95. The Balaban J connectivity index is 0.00000161. The minimum atomic E-state index is -3.45. The third-order valence-electron chi connectivity index (χ3n) is 3.98. The summed E-state index contributed by atoms with van der Waals surface area (Å²) < 4.78 is 31.8. The quantitative estimate of drug-likeness (QED) is 0.894. The number of hydrogen-bond donors (Lipinski definition) is 1. The highest BCUT2D eigenvalue weighted by Gasteiger charge is 2.36. The second-order valence-corrected chi connectivity index (χ2v) is 7.29. The molecule has 118 valence electrons. The number of halogens is 1. The Bertz CT molecular complexity index is 567. The molecule has 6 nitrogen and oxygen atoms in total. The Hall–Kier alpha value is -0.890. The van der Waals surface area contributed by atoms with Crippen molar-refractivity contribution >= 4 is 22.4 Å². The molecule has 1 aromatic rings. The number of piperidine rings is 1. The van der Waals surface area contributed by atoms with Gasteiger partial charge in [-0.2, -0.15) is 4.31 Å². The summed E-state index contributed by atoms with van der Waals surface area (Å²) in [7, 11) is -1.95. The summed E-state index contributed by atoms with van der Waals surface area (Å²) in [6.07, 6.45) is 4.64. The second kappa shape index (κ2) is 6.48. The molecule has 21 heavy (non-hydrogen) atoms. The van der Waals surface area contributed by atoms with E-state index in [2.05, 4.69) is 10.3 Å². The summed E-state index contributed by atoms with van der Waals surface area (Å²) in [5.41, 5.74) is 0. The summed E-state index contributed by atoms with van der Waals surface area (Å²) in [6, 6.07) is 3.70. The van der Waals surface area contributed by atoms with Gasteiger partial charge in [-0.05, 0) is 18.9 Å². The number of sulfonamides is 1. The highest BCUT2D eigenvalue weighted by Crippen LogP contribution is 2.25. The number of methoxy groups -OCH3 is 1. The van der Waals surface area contributed by atoms with Crippen molar-refractivity contribution in [3.8, 4) is 5.88 Å². The molecule has 0 aliphatic carbocycles. The van der Waals surface area contributed by atoms with Crippen LogP contribution in [0.2, 0.25) is 0 Å². The number of rotatable bonds is 3. The van der Waals surface area contributed by atoms with Gasteiger partial charge in [-0.1, -0.05) is 6.42 Å². The Morgan fingerprint density at radius 1 is 1.29 bits per heavy atom. The molecule has 2 aliphatic heterocycles. The lowest BCUT2D eigenvalue weighted by atomic mass is 9.96. The maximum atomic E-state index is 12.6. The highest BCUT2D eigenvalue weighted by atomic mass is 35.5. The van der Waals surface area contributed by atoms with Gasteiger partial charge in [0.2, 0.25) is 15.9 Å². The number of ether oxygens (including phenoxy) is 1. The third kappa shape index (κ3) is 3.31. The largest absolute Gasteiger partial charge is 0.481 e. The molecule has 2 bridgehead atoms. The lowest BCUT2D eigenvalue weighted by molar-refractivity contribution is 0.190. The third-order valence-corrected chi connectivity index (χ3v) is 5.80. The molecule has 1 aromatic heterocycles. The van der Waals surface area contributed by atoms with E-state index in [1.165, 1.54) is 19.7 Å². The number of hydrogen-bond acceptors (Lipinski definition) is 5. The van der Waals surface area contributed by atoms with Crippen LogP contribution in [0.25, 0.3) is 0 Å². The molecule has 0 radical (unpaired) electrons. The fraction of sp³-hybridized carbons (Fsp3) is 0.615. The van der Waals surface area contributed by atoms with Gasteiger partial charge in [0.1, 0.15) is 4.90 Å². The number of nitrogens with zero attached hydrogens (tertiary/aromatic N) is 2. The molecule has 2 fully saturated rings. The Morgan fingerprint density at radius 2 is 1.95 bits per heavy atom. The van der Waals surface area contributed by atoms with E-state index in [9.17, 15) is 8.42 Å². The van der Waals surface area contributed by atoms with E-state index in [0.29, 0.717) is 19.0 Å². The number of fused-ring (bicyclic) bond motifs is 2. The molecule has 3 heterocycles. The minimum Gasteiger partial charge on any atom is -0.481 e. The van der Waals surface area contributed by atoms with Crippen LogP contribution < -0.4 is 10.1 Å². The van der Waals surface area contributed by atoms with Crippen molar-refractivity contribution in [3.63, 3.8) is 0 Å². The van der Waals surface area contributed by atoms with Crippen LogP contribution in [-0.4, -0.2) is 50.0 Å². The van der Waals surface area contributed by atoms with Crippen molar-refractivity contribution in [1.82, 2.24) is 14.6 Å². The van der Waals surface area contributed by atoms with Crippen LogP contribution in [0.15, 0.2) is 23.2 Å². The molecule has 2 saturated heterocycles. The zero-order valence-corrected chi connectivity index (χ0v) is 13.5. The van der Waals surface area contributed by atoms with Crippen LogP contribution >= 0.6 is 12.4 Å². The first-order chi connectivity index (χ1) is 9.59. The molecule has 3 rings (SSSR count). The summed E-state index contributed by atoms with van der Waals surface area (Å²) >= 11 is 0. The number of piperazine rings is 1. The van der Waals surface area contributed by atoms with Gasteiger partial charge in [0, 0.05) is 31.2 Å². The molecule has 0 saturated carbocycles. The topological polar surface area (TPSA) is 71.5 Å². The predicted octanol–water partition coefficient (Wildman–Crippen LogP) is 1.03. The number of pyridine rings is 1. The molecular formula is C13H20ClN3O3S. The maximum absolute atomic E-state index is 12.6. The number of aromatic nitrogens is 1. The average molecular weight is 334 g/mol. The molecule has 2 aliphatic rings. The summed E-state index contributed by atoms with van der Waals surface area (Å²) in [5, 5.41) is 3.48. The first-order valence-electron chi connectivity index (χ1n) is 6.86. The average Bonchev–Trinajstić information content (AvgIpc) is 2.47. The standard InChI is InChI=1S/C13H19N3O3S.ClH/c1-19-13-6-5-12(7-14-13)20(17,18)16-8-10-3-2-4-11(9-16)15-10;/h5-7,10-11,15H,2-4,8-9H2,1H3;1H. The van der Waals surface area contributed by atoms with Gasteiger partial charge in [0.15, 0.2) is 0 Å². The van der Waals surface area contributed by atoms with E-state index in [4.69, 9.17) is 4.74 Å². The van der Waals surface area contributed by atoms with Crippen LogP contribution in [0, 0.1) is 0 Å². The van der Waals surface area contributed by atoms with Crippen molar-refractivity contribution < 1.29 is 13.2 Å². The van der Waals surface area contributed by atoms with E-state index in [-0.39, 0.29) is 29.4 Å². The zero-order chi connectivity index (χ0) is 14.2. The minimum absolute atomic E-state index is 0. The Kier molecular flexibility index (Phi) is 5.08. The van der Waals surface area contributed by atoms with Crippen molar-refractivity contribution in [2.75, 3.05) is 20.2 Å². The fourth-order valence-corrected chi connectivity index (χ4v) is 4.43. The van der Waals surface area contributed by atoms with E-state index in [0.717, 1.165) is 12.8 Å². The molecule has 0 amide bonds. The first-order valence-corrected chi connectivity index (χ1v) is 8.30. The van der Waals surface area contributed by atoms with Gasteiger partial charge in [-0.3, -0.25) is 0 Å². The molecule has 2 unspecified atom stereocenters. The van der Waals surface area contributed by atoms with E-state index >= 15 is 0 Å². The highest BCUT2D eigenvalue weighted by molar-refractivity contribution is 7.89. The van der Waals surface area contributed by atoms with Gasteiger partial charge >= 0.3 is 0 Å². The van der Waals surface area contributed by atoms with Crippen LogP contribution in [0.4, 0.5) is 0 Å². The molecular weight excluding hydrogens is 314 g/mol. The van der Waals surface area contributed by atoms with Crippen LogP contribution in [0.1, 0.15) is 19.3 Å². The van der Waals surface area contributed by atoms with Crippen LogP contribution in [0.3, 0.4) is 0 Å². The normalized spacial score (nSPS) is 26.0. The Morgan fingerprint density at radius 3 is 2.48 bits per heavy atom. The van der Waals surface area contributed by atoms with Gasteiger partial charge in [-0.25, -0.2) is 13.4 Å². The molecule has 1 N–H and O–H groups in total. The van der Waals surface area contributed by atoms with E-state index in [1.807, 2.05) is 0 Å². The first kappa shape index (κ1) is 16.5. The van der Waals surface area contributed by atoms with Gasteiger partial charge in [0.25, 0.3) is 0 Å². The molecule has 2 atom stereocenters. The molecule has 0 spiro atoms. The van der Waals surface area contributed by atoms with E-state index in [1.54, 1.807) is 16.4 Å². The summed E-state index contributed by atoms with van der Waals surface area (Å²) in [6.45, 7) is 1.09. The summed E-state index contributed by atoms with van der Waals surface area (Å²) in [5.74, 6) is 0.418. The van der Waals surface area contributed by atoms with Gasteiger partial charge in [0.05, 0.1) is 13.3 Å². The Labute approximate surface area is 131 Å². The van der Waals surface area contributed by atoms with Crippen LogP contribution in [-0.2, 0) is 10.0 Å². The number of nitrogens with one attached hydrogen (secondary N) is 1. The lowest BCUT2D eigenvalue weighted by Crippen LogP contribution is -2.59. The SMILES string of the molecule is COc1ccc(S(=O)(=O)N2CC3CCCC(C2)N3)cn1.Cl. The van der Waals surface area contributed by atoms with Crippen molar-refractivity contribution in [2.24, 2.45) is 0 Å². The second-order valence-electron chi connectivity index (χ2n) is 5.35. The van der Waals surface area contributed by atoms with Crippen molar-refractivity contribution in [3.05, 3.63) is 18.3 Å². The van der Waals surface area contributed by atoms with Crippen molar-refractivity contribution in [2.45, 2.75) is 36.2 Å². The zero-order valence-electron chi connectivity index (χ0n) is 11.9. The smallest absolute Gasteiger partial charge is 0.244 e. The van der Waals surface area contributed by atoms with Crippen LogP contribution in [0.5, 0.6) is 5.88 Å². The van der Waals surface area contributed by atoms with Gasteiger partial charge in [-0.15, -0.1) is 12.4 Å². The monoisotopic (exact) mass is 333 g/mol. The predicted molar refractivity (Wildman–Crippen MR) is 81.4 cm³/mol. The van der Waals surface area contributed by atoms with Gasteiger partial charge < -0.3 is 10.1 Å². The lowest BCUT2D eigenvalue weighted by Gasteiger charge is -2.41. The van der Waals surface area contributed by atoms with Crippen molar-refractivity contribution in [1.29, 1.82) is 0 Å². The maximum Gasteiger partial charge on any atom is 0.244 e. The molecule has 0 aromatic carbocycles. The summed E-state index contributed by atoms with van der Waals surface area (Å²) in [4.78, 5) is 4.22. The van der Waals surface area contributed by atoms with E-state index < -0.39 is 10.0 Å².